The average molecular weight is 390 g/mol. The Morgan fingerprint density at radius 2 is 1.86 bits per heavy atom. The van der Waals surface area contributed by atoms with Crippen LogP contribution in [0.5, 0.6) is 0 Å². The van der Waals surface area contributed by atoms with Crippen LogP contribution >= 0.6 is 11.3 Å². The van der Waals surface area contributed by atoms with Gasteiger partial charge in [0.2, 0.25) is 0 Å². The van der Waals surface area contributed by atoms with E-state index < -0.39 is 0 Å². The fourth-order valence-corrected chi connectivity index (χ4v) is 3.60. The molecule has 4 rings (SSSR count). The molecule has 1 N–H and O–H groups in total. The molecular weight excluding hydrogens is 372 g/mol. The van der Waals surface area contributed by atoms with E-state index in [4.69, 9.17) is 0 Å². The molecule has 3 aromatic heterocycles. The number of carbonyl (C=O) groups is 1. The van der Waals surface area contributed by atoms with Gasteiger partial charge in [0.05, 0.1) is 16.1 Å². The van der Waals surface area contributed by atoms with E-state index in [1.54, 1.807) is 33.8 Å². The molecule has 28 heavy (non-hydrogen) atoms. The highest BCUT2D eigenvalue weighted by Gasteiger charge is 2.19. The summed E-state index contributed by atoms with van der Waals surface area (Å²) in [5.41, 5.74) is 1.95. The molecule has 0 aliphatic heterocycles. The van der Waals surface area contributed by atoms with Crippen LogP contribution in [0.1, 0.15) is 10.4 Å². The second-order valence-corrected chi connectivity index (χ2v) is 7.08. The molecule has 1 amide bonds. The summed E-state index contributed by atoms with van der Waals surface area (Å²) >= 11 is 1.54. The predicted molar refractivity (Wildman–Crippen MR) is 110 cm³/mol. The Kier molecular flexibility index (Phi) is 5.16. The van der Waals surface area contributed by atoms with Gasteiger partial charge in [-0.15, -0.1) is 11.3 Å². The summed E-state index contributed by atoms with van der Waals surface area (Å²) in [7, 11) is 0. The molecule has 0 saturated carbocycles. The van der Waals surface area contributed by atoms with Crippen LogP contribution in [-0.2, 0) is 6.54 Å². The van der Waals surface area contributed by atoms with E-state index in [9.17, 15) is 9.59 Å². The lowest BCUT2D eigenvalue weighted by atomic mass is 10.2. The number of thiophene rings is 1. The lowest BCUT2D eigenvalue weighted by molar-refractivity contribution is 0.0953. The van der Waals surface area contributed by atoms with Gasteiger partial charge in [-0.2, -0.15) is 5.10 Å². The molecule has 0 atom stereocenters. The van der Waals surface area contributed by atoms with E-state index in [0.717, 1.165) is 10.6 Å². The lowest BCUT2D eigenvalue weighted by Crippen LogP contribution is -2.30. The molecule has 0 fully saturated rings. The van der Waals surface area contributed by atoms with Crippen molar-refractivity contribution in [1.82, 2.24) is 19.7 Å². The zero-order chi connectivity index (χ0) is 19.3. The minimum Gasteiger partial charge on any atom is -0.350 e. The highest BCUT2D eigenvalue weighted by molar-refractivity contribution is 7.13. The number of aromatic nitrogens is 3. The Labute approximate surface area is 165 Å². The summed E-state index contributed by atoms with van der Waals surface area (Å²) in [6.45, 7) is 0.760. The van der Waals surface area contributed by atoms with Gasteiger partial charge in [0.15, 0.2) is 0 Å². The zero-order valence-corrected chi connectivity index (χ0v) is 15.8. The maximum absolute atomic E-state index is 12.8. The maximum Gasteiger partial charge on any atom is 0.255 e. The van der Waals surface area contributed by atoms with E-state index in [1.807, 2.05) is 47.8 Å². The van der Waals surface area contributed by atoms with Gasteiger partial charge < -0.3 is 9.88 Å². The number of rotatable bonds is 6. The highest BCUT2D eigenvalue weighted by atomic mass is 32.1. The topological polar surface area (TPSA) is 68.9 Å². The molecule has 3 heterocycles. The molecular formula is C21H18N4O2S. The Hall–Kier alpha value is -3.45. The van der Waals surface area contributed by atoms with Crippen LogP contribution in [-0.4, -0.2) is 26.8 Å². The number of benzene rings is 1. The van der Waals surface area contributed by atoms with Crippen molar-refractivity contribution in [3.8, 4) is 16.3 Å². The first-order valence-corrected chi connectivity index (χ1v) is 9.73. The minimum atomic E-state index is -0.213. The largest absolute Gasteiger partial charge is 0.350 e. The molecule has 0 bridgehead atoms. The van der Waals surface area contributed by atoms with Crippen LogP contribution in [0.15, 0.2) is 83.2 Å². The summed E-state index contributed by atoms with van der Waals surface area (Å²) in [5, 5.41) is 9.49. The third-order valence-corrected chi connectivity index (χ3v) is 5.15. The van der Waals surface area contributed by atoms with Crippen molar-refractivity contribution in [3.63, 3.8) is 0 Å². The van der Waals surface area contributed by atoms with E-state index in [-0.39, 0.29) is 11.5 Å². The minimum absolute atomic E-state index is 0.0899. The van der Waals surface area contributed by atoms with Crippen molar-refractivity contribution >= 4 is 17.2 Å². The van der Waals surface area contributed by atoms with Crippen LogP contribution in [0.4, 0.5) is 0 Å². The van der Waals surface area contributed by atoms with E-state index in [1.165, 1.54) is 17.4 Å². The molecule has 0 radical (unpaired) electrons. The zero-order valence-electron chi connectivity index (χ0n) is 15.0. The van der Waals surface area contributed by atoms with Crippen LogP contribution in [0.3, 0.4) is 0 Å². The second-order valence-electron chi connectivity index (χ2n) is 6.14. The van der Waals surface area contributed by atoms with Gasteiger partial charge in [0.1, 0.15) is 5.69 Å². The van der Waals surface area contributed by atoms with Gasteiger partial charge >= 0.3 is 0 Å². The van der Waals surface area contributed by atoms with Gasteiger partial charge in [0.25, 0.3) is 11.5 Å². The van der Waals surface area contributed by atoms with Crippen molar-refractivity contribution in [2.45, 2.75) is 6.54 Å². The maximum atomic E-state index is 12.8. The molecule has 6 nitrogen and oxygen atoms in total. The smallest absolute Gasteiger partial charge is 0.255 e. The Bertz CT molecular complexity index is 1130. The fourth-order valence-electron chi connectivity index (χ4n) is 2.88. The number of pyridine rings is 1. The standard InChI is InChI=1S/C21H18N4O2S/c26-19-10-4-5-12-24(19)13-11-22-21(27)17-15-25(16-7-2-1-3-8-16)23-20(17)18-9-6-14-28-18/h1-10,12,14-15H,11,13H2,(H,22,27). The third-order valence-electron chi connectivity index (χ3n) is 4.27. The first-order chi connectivity index (χ1) is 13.7. The second kappa shape index (κ2) is 8.06. The number of hydrogen-bond acceptors (Lipinski definition) is 4. The summed E-state index contributed by atoms with van der Waals surface area (Å²) in [6, 6.07) is 18.5. The van der Waals surface area contributed by atoms with Gasteiger partial charge in [-0.25, -0.2) is 4.68 Å². The monoisotopic (exact) mass is 390 g/mol. The molecule has 0 unspecified atom stereocenters. The molecule has 0 aliphatic carbocycles. The third kappa shape index (κ3) is 3.79. The summed E-state index contributed by atoms with van der Waals surface area (Å²) < 4.78 is 3.28. The van der Waals surface area contributed by atoms with Crippen LogP contribution < -0.4 is 10.9 Å². The van der Waals surface area contributed by atoms with Crippen LogP contribution in [0.25, 0.3) is 16.3 Å². The van der Waals surface area contributed by atoms with Crippen molar-refractivity contribution in [1.29, 1.82) is 0 Å². The summed E-state index contributed by atoms with van der Waals surface area (Å²) in [6.07, 6.45) is 3.45. The molecule has 0 saturated heterocycles. The van der Waals surface area contributed by atoms with Gasteiger partial charge in [-0.1, -0.05) is 30.3 Å². The average Bonchev–Trinajstić information content (AvgIpc) is 3.40. The Morgan fingerprint density at radius 1 is 1.04 bits per heavy atom. The fraction of sp³-hybridized carbons (Fsp3) is 0.0952. The van der Waals surface area contributed by atoms with Gasteiger partial charge in [0, 0.05) is 31.5 Å². The van der Waals surface area contributed by atoms with Crippen molar-refractivity contribution in [2.75, 3.05) is 6.54 Å². The van der Waals surface area contributed by atoms with Crippen molar-refractivity contribution < 1.29 is 4.79 Å². The molecule has 4 aromatic rings. The first kappa shape index (κ1) is 17.9. The van der Waals surface area contributed by atoms with Crippen molar-refractivity contribution in [3.05, 3.63) is 94.4 Å². The normalized spacial score (nSPS) is 10.7. The lowest BCUT2D eigenvalue weighted by Gasteiger charge is -2.07. The number of amides is 1. The molecule has 0 aliphatic rings. The first-order valence-electron chi connectivity index (χ1n) is 8.85. The van der Waals surface area contributed by atoms with E-state index >= 15 is 0 Å². The molecule has 140 valence electrons. The number of nitrogens with one attached hydrogen (secondary N) is 1. The number of hydrogen-bond donors (Lipinski definition) is 1. The van der Waals surface area contributed by atoms with E-state index in [2.05, 4.69) is 10.4 Å². The Morgan fingerprint density at radius 3 is 2.61 bits per heavy atom. The highest BCUT2D eigenvalue weighted by Crippen LogP contribution is 2.27. The van der Waals surface area contributed by atoms with Gasteiger partial charge in [-0.3, -0.25) is 9.59 Å². The summed E-state index contributed by atoms with van der Waals surface area (Å²) in [5.74, 6) is -0.213. The van der Waals surface area contributed by atoms with Crippen LogP contribution in [0.2, 0.25) is 0 Å². The van der Waals surface area contributed by atoms with E-state index in [0.29, 0.717) is 24.3 Å². The summed E-state index contributed by atoms with van der Waals surface area (Å²) in [4.78, 5) is 25.5. The number of nitrogens with zero attached hydrogens (tertiary/aromatic N) is 3. The van der Waals surface area contributed by atoms with Crippen LogP contribution in [0, 0.1) is 0 Å². The number of carbonyl (C=O) groups excluding carboxylic acids is 1. The Balaban J connectivity index is 1.57. The molecule has 7 heteroatoms. The van der Waals surface area contributed by atoms with Gasteiger partial charge in [-0.05, 0) is 29.6 Å². The molecule has 0 spiro atoms. The SMILES string of the molecule is O=C(NCCn1ccccc1=O)c1cn(-c2ccccc2)nc1-c1cccs1. The van der Waals surface area contributed by atoms with Crippen molar-refractivity contribution in [2.24, 2.45) is 0 Å². The quantitative estimate of drug-likeness (QED) is 0.550. The molecule has 1 aromatic carbocycles. The predicted octanol–water partition coefficient (Wildman–Crippen LogP) is 3.19. The number of para-hydroxylation sites is 1.